The molecule has 2 fully saturated rings. The summed E-state index contributed by atoms with van der Waals surface area (Å²) < 4.78 is 0. The van der Waals surface area contributed by atoms with E-state index in [1.165, 1.54) is 5.56 Å². The van der Waals surface area contributed by atoms with E-state index in [-0.39, 0.29) is 35.7 Å². The Labute approximate surface area is 162 Å². The first kappa shape index (κ1) is 20.7. The van der Waals surface area contributed by atoms with Crippen LogP contribution in [0.25, 0.3) is 0 Å². The molecule has 1 heterocycles. The fraction of sp³-hybridized carbons (Fsp3) is 0.600. The van der Waals surface area contributed by atoms with Crippen LogP contribution < -0.4 is 5.73 Å². The Bertz CT molecular complexity index is 611. The molecule has 1 aromatic rings. The molecule has 2 aliphatic rings. The third kappa shape index (κ3) is 4.98. The predicted molar refractivity (Wildman–Crippen MR) is 105 cm³/mol. The van der Waals surface area contributed by atoms with E-state index < -0.39 is 0 Å². The van der Waals surface area contributed by atoms with E-state index in [0.717, 1.165) is 19.3 Å². The van der Waals surface area contributed by atoms with Gasteiger partial charge in [0.2, 0.25) is 11.8 Å². The van der Waals surface area contributed by atoms with E-state index in [1.807, 2.05) is 28.0 Å². The summed E-state index contributed by atoms with van der Waals surface area (Å²) >= 11 is 0. The molecule has 1 atom stereocenters. The van der Waals surface area contributed by atoms with Crippen LogP contribution in [0, 0.1) is 0 Å². The van der Waals surface area contributed by atoms with Gasteiger partial charge < -0.3 is 15.5 Å². The highest BCUT2D eigenvalue weighted by molar-refractivity contribution is 5.85. The van der Waals surface area contributed by atoms with Crippen LogP contribution in [-0.2, 0) is 9.59 Å². The van der Waals surface area contributed by atoms with E-state index in [2.05, 4.69) is 19.1 Å². The lowest BCUT2D eigenvalue weighted by Gasteiger charge is -2.41. The van der Waals surface area contributed by atoms with E-state index >= 15 is 0 Å². The Hall–Kier alpha value is -1.59. The van der Waals surface area contributed by atoms with Gasteiger partial charge in [-0.25, -0.2) is 0 Å². The van der Waals surface area contributed by atoms with Gasteiger partial charge in [0.25, 0.3) is 0 Å². The van der Waals surface area contributed by atoms with Gasteiger partial charge in [0.05, 0.1) is 0 Å². The lowest BCUT2D eigenvalue weighted by Crippen LogP contribution is -2.55. The van der Waals surface area contributed by atoms with Gasteiger partial charge >= 0.3 is 0 Å². The zero-order chi connectivity index (χ0) is 17.9. The number of rotatable bonds is 5. The molecule has 0 aromatic heterocycles. The highest BCUT2D eigenvalue weighted by atomic mass is 35.5. The maximum Gasteiger partial charge on any atom is 0.224 e. The minimum absolute atomic E-state index is 0. The van der Waals surface area contributed by atoms with Crippen molar-refractivity contribution in [2.45, 2.75) is 50.5 Å². The molecular formula is C20H30ClN3O2. The maximum atomic E-state index is 12.5. The van der Waals surface area contributed by atoms with Gasteiger partial charge in [-0.15, -0.1) is 12.4 Å². The minimum atomic E-state index is -0.269. The third-order valence-electron chi connectivity index (χ3n) is 5.69. The van der Waals surface area contributed by atoms with Crippen LogP contribution in [-0.4, -0.2) is 53.3 Å². The van der Waals surface area contributed by atoms with Crippen molar-refractivity contribution in [3.8, 4) is 0 Å². The van der Waals surface area contributed by atoms with Crippen LogP contribution in [0.1, 0.15) is 50.5 Å². The second-order valence-electron chi connectivity index (χ2n) is 7.67. The summed E-state index contributed by atoms with van der Waals surface area (Å²) in [6.07, 6.45) is 4.00. The van der Waals surface area contributed by atoms with Gasteiger partial charge in [0.15, 0.2) is 0 Å². The zero-order valence-electron chi connectivity index (χ0n) is 15.5. The number of carbonyl (C=O) groups excluding carboxylic acids is 2. The van der Waals surface area contributed by atoms with Crippen LogP contribution in [0.5, 0.6) is 0 Å². The number of halogens is 1. The number of hydrogen-bond donors (Lipinski definition) is 1. The van der Waals surface area contributed by atoms with Crippen LogP contribution >= 0.6 is 12.4 Å². The smallest absolute Gasteiger partial charge is 0.224 e. The first-order valence-corrected chi connectivity index (χ1v) is 9.36. The molecule has 0 spiro atoms. The highest BCUT2D eigenvalue weighted by Gasteiger charge is 2.36. The molecule has 1 saturated carbocycles. The summed E-state index contributed by atoms with van der Waals surface area (Å²) in [5.41, 5.74) is 7.11. The van der Waals surface area contributed by atoms with Crippen molar-refractivity contribution >= 4 is 24.2 Å². The number of benzene rings is 1. The monoisotopic (exact) mass is 379 g/mol. The standard InChI is InChI=1S/C20H29N3O2.ClH/c1-16(17-6-3-2-4-7-17)14-18(24)22-10-12-23(13-11-22)19(25)15-20(21)8-5-9-20;/h2-4,6-7,16H,5,8-15,21H2,1H3;1H. The van der Waals surface area contributed by atoms with Crippen molar-refractivity contribution < 1.29 is 9.59 Å². The van der Waals surface area contributed by atoms with Gasteiger partial charge in [-0.2, -0.15) is 0 Å². The molecule has 5 nitrogen and oxygen atoms in total. The normalized spacial score (nSPS) is 19.9. The maximum absolute atomic E-state index is 12.5. The number of nitrogens with zero attached hydrogens (tertiary/aromatic N) is 2. The molecule has 1 aliphatic heterocycles. The SMILES string of the molecule is CC(CC(=O)N1CCN(C(=O)CC2(N)CCC2)CC1)c1ccccc1.Cl. The molecule has 26 heavy (non-hydrogen) atoms. The molecule has 1 unspecified atom stereocenters. The second-order valence-corrected chi connectivity index (χ2v) is 7.67. The van der Waals surface area contributed by atoms with E-state index in [4.69, 9.17) is 5.73 Å². The van der Waals surface area contributed by atoms with E-state index in [9.17, 15) is 9.59 Å². The first-order chi connectivity index (χ1) is 12.0. The molecule has 1 aromatic carbocycles. The van der Waals surface area contributed by atoms with Gasteiger partial charge in [-0.3, -0.25) is 9.59 Å². The molecule has 0 bridgehead atoms. The molecule has 2 amide bonds. The fourth-order valence-corrected chi connectivity index (χ4v) is 3.72. The Kier molecular flexibility index (Phi) is 7.07. The molecule has 1 saturated heterocycles. The van der Waals surface area contributed by atoms with Crippen molar-refractivity contribution in [3.05, 3.63) is 35.9 Å². The molecule has 2 N–H and O–H groups in total. The Morgan fingerprint density at radius 2 is 1.58 bits per heavy atom. The van der Waals surface area contributed by atoms with Gasteiger partial charge in [-0.1, -0.05) is 37.3 Å². The number of amides is 2. The highest BCUT2D eigenvalue weighted by Crippen LogP contribution is 2.32. The number of hydrogen-bond acceptors (Lipinski definition) is 3. The van der Waals surface area contributed by atoms with Crippen LogP contribution in [0.15, 0.2) is 30.3 Å². The Morgan fingerprint density at radius 3 is 2.08 bits per heavy atom. The van der Waals surface area contributed by atoms with Crippen LogP contribution in [0.3, 0.4) is 0 Å². The van der Waals surface area contributed by atoms with Crippen LogP contribution in [0.2, 0.25) is 0 Å². The van der Waals surface area contributed by atoms with Crippen LogP contribution in [0.4, 0.5) is 0 Å². The summed E-state index contributed by atoms with van der Waals surface area (Å²) in [7, 11) is 0. The minimum Gasteiger partial charge on any atom is -0.339 e. The summed E-state index contributed by atoms with van der Waals surface area (Å²) in [6, 6.07) is 10.1. The quantitative estimate of drug-likeness (QED) is 0.854. The van der Waals surface area contributed by atoms with Crippen molar-refractivity contribution in [1.29, 1.82) is 0 Å². The fourth-order valence-electron chi connectivity index (χ4n) is 3.72. The third-order valence-corrected chi connectivity index (χ3v) is 5.69. The Balaban J connectivity index is 0.00000243. The Morgan fingerprint density at radius 1 is 1.04 bits per heavy atom. The summed E-state index contributed by atoms with van der Waals surface area (Å²) in [6.45, 7) is 4.60. The van der Waals surface area contributed by atoms with Crippen molar-refractivity contribution in [2.75, 3.05) is 26.2 Å². The molecular weight excluding hydrogens is 350 g/mol. The molecule has 0 radical (unpaired) electrons. The average Bonchev–Trinajstić information content (AvgIpc) is 2.61. The lowest BCUT2D eigenvalue weighted by molar-refractivity contribution is -0.140. The summed E-state index contributed by atoms with van der Waals surface area (Å²) in [5.74, 6) is 0.536. The lowest BCUT2D eigenvalue weighted by atomic mass is 9.75. The largest absolute Gasteiger partial charge is 0.339 e. The summed E-state index contributed by atoms with van der Waals surface area (Å²) in [5, 5.41) is 0. The second kappa shape index (κ2) is 8.87. The molecule has 6 heteroatoms. The predicted octanol–water partition coefficient (Wildman–Crippen LogP) is 2.54. The van der Waals surface area contributed by atoms with Gasteiger partial charge in [-0.05, 0) is 30.7 Å². The van der Waals surface area contributed by atoms with Crippen molar-refractivity contribution in [3.63, 3.8) is 0 Å². The average molecular weight is 380 g/mol. The van der Waals surface area contributed by atoms with E-state index in [0.29, 0.717) is 39.0 Å². The molecule has 3 rings (SSSR count). The summed E-state index contributed by atoms with van der Waals surface area (Å²) in [4.78, 5) is 28.7. The molecule has 144 valence electrons. The van der Waals surface area contributed by atoms with Gasteiger partial charge in [0.1, 0.15) is 0 Å². The molecule has 1 aliphatic carbocycles. The van der Waals surface area contributed by atoms with Crippen molar-refractivity contribution in [1.82, 2.24) is 9.80 Å². The zero-order valence-corrected chi connectivity index (χ0v) is 16.3. The topological polar surface area (TPSA) is 66.6 Å². The number of piperazine rings is 1. The van der Waals surface area contributed by atoms with Crippen molar-refractivity contribution in [2.24, 2.45) is 5.73 Å². The van der Waals surface area contributed by atoms with E-state index in [1.54, 1.807) is 0 Å². The number of nitrogens with two attached hydrogens (primary N) is 1. The van der Waals surface area contributed by atoms with Gasteiger partial charge in [0, 0.05) is 44.6 Å². The first-order valence-electron chi connectivity index (χ1n) is 9.36. The number of carbonyl (C=O) groups is 2.